The SMILES string of the molecule is Cc1ccc(CN(C(=O)CN(c2ccc([N+](=O)[O-])cc2)S(=O)(=O)c2ccccc2)C(C)C(=O)NC2CCCCC2)cc1. The standard InChI is InChI=1S/C31H36N4O6S/c1-23-13-15-25(16-14-23)21-33(24(2)31(37)32-26-9-5-3-6-10-26)30(36)22-34(27-17-19-28(20-18-27)35(38)39)42(40,41)29-11-7-4-8-12-29/h4,7-8,11-20,24,26H,3,5-6,9-10,21-22H2,1-2H3,(H,32,37). The van der Waals surface area contributed by atoms with E-state index >= 15 is 0 Å². The average Bonchev–Trinajstić information content (AvgIpc) is 3.00. The Hall–Kier alpha value is -4.25. The van der Waals surface area contributed by atoms with E-state index in [1.54, 1.807) is 25.1 Å². The zero-order valence-corrected chi connectivity index (χ0v) is 24.6. The second kappa shape index (κ2) is 13.6. The van der Waals surface area contributed by atoms with Gasteiger partial charge in [-0.05, 0) is 56.5 Å². The molecule has 0 spiro atoms. The van der Waals surface area contributed by atoms with Gasteiger partial charge in [-0.3, -0.25) is 24.0 Å². The molecule has 1 fully saturated rings. The number of rotatable bonds is 11. The molecule has 0 radical (unpaired) electrons. The van der Waals surface area contributed by atoms with Gasteiger partial charge in [0.05, 0.1) is 15.5 Å². The molecule has 4 rings (SSSR count). The molecule has 0 aromatic heterocycles. The van der Waals surface area contributed by atoms with Crippen LogP contribution in [0.4, 0.5) is 11.4 Å². The second-order valence-electron chi connectivity index (χ2n) is 10.6. The van der Waals surface area contributed by atoms with Crippen molar-refractivity contribution in [3.05, 3.63) is 100 Å². The number of amides is 2. The highest BCUT2D eigenvalue weighted by molar-refractivity contribution is 7.92. The number of aryl methyl sites for hydroxylation is 1. The number of sulfonamides is 1. The van der Waals surface area contributed by atoms with Crippen molar-refractivity contribution in [1.29, 1.82) is 0 Å². The molecular weight excluding hydrogens is 556 g/mol. The van der Waals surface area contributed by atoms with E-state index in [0.29, 0.717) is 0 Å². The number of carbonyl (C=O) groups excluding carboxylic acids is 2. The maximum atomic E-state index is 14.0. The van der Waals surface area contributed by atoms with Gasteiger partial charge in [-0.15, -0.1) is 0 Å². The van der Waals surface area contributed by atoms with Gasteiger partial charge >= 0.3 is 0 Å². The first-order valence-corrected chi connectivity index (χ1v) is 15.5. The molecule has 0 saturated heterocycles. The number of nitro groups is 1. The number of nitrogens with one attached hydrogen (secondary N) is 1. The highest BCUT2D eigenvalue weighted by Crippen LogP contribution is 2.27. The highest BCUT2D eigenvalue weighted by atomic mass is 32.2. The van der Waals surface area contributed by atoms with Crippen LogP contribution in [-0.4, -0.2) is 48.7 Å². The number of nitro benzene ring substituents is 1. The molecule has 0 bridgehead atoms. The largest absolute Gasteiger partial charge is 0.352 e. The van der Waals surface area contributed by atoms with Crippen molar-refractivity contribution in [3.63, 3.8) is 0 Å². The fraction of sp³-hybridized carbons (Fsp3) is 0.355. The molecular formula is C31H36N4O6S. The maximum Gasteiger partial charge on any atom is 0.269 e. The van der Waals surface area contributed by atoms with E-state index < -0.39 is 33.4 Å². The van der Waals surface area contributed by atoms with Crippen LogP contribution in [0.1, 0.15) is 50.2 Å². The zero-order chi connectivity index (χ0) is 30.3. The summed E-state index contributed by atoms with van der Waals surface area (Å²) in [6.07, 6.45) is 4.97. The fourth-order valence-corrected chi connectivity index (χ4v) is 6.47. The minimum Gasteiger partial charge on any atom is -0.352 e. The summed E-state index contributed by atoms with van der Waals surface area (Å²) < 4.78 is 28.6. The molecule has 1 unspecified atom stereocenters. The van der Waals surface area contributed by atoms with Gasteiger partial charge in [-0.25, -0.2) is 8.42 Å². The third-order valence-electron chi connectivity index (χ3n) is 7.55. The number of anilines is 1. The first-order valence-electron chi connectivity index (χ1n) is 14.0. The molecule has 0 aliphatic heterocycles. The first kappa shape index (κ1) is 30.7. The van der Waals surface area contributed by atoms with Crippen LogP contribution in [0.3, 0.4) is 0 Å². The van der Waals surface area contributed by atoms with Crippen LogP contribution in [-0.2, 0) is 26.2 Å². The van der Waals surface area contributed by atoms with E-state index in [-0.39, 0.29) is 34.8 Å². The van der Waals surface area contributed by atoms with Crippen molar-refractivity contribution in [2.24, 2.45) is 0 Å². The lowest BCUT2D eigenvalue weighted by Crippen LogP contribution is -2.53. The van der Waals surface area contributed by atoms with Gasteiger partial charge in [0.25, 0.3) is 15.7 Å². The predicted molar refractivity (Wildman–Crippen MR) is 160 cm³/mol. The van der Waals surface area contributed by atoms with Gasteiger partial charge in [0.1, 0.15) is 12.6 Å². The third kappa shape index (κ3) is 7.52. The Morgan fingerprint density at radius 1 is 0.952 bits per heavy atom. The number of carbonyl (C=O) groups is 2. The Bertz CT molecular complexity index is 1490. The summed E-state index contributed by atoms with van der Waals surface area (Å²) in [7, 11) is -4.25. The van der Waals surface area contributed by atoms with Gasteiger partial charge in [-0.1, -0.05) is 67.3 Å². The number of nitrogens with zero attached hydrogens (tertiary/aromatic N) is 3. The summed E-state index contributed by atoms with van der Waals surface area (Å²) in [5.41, 5.74) is 1.71. The number of non-ortho nitro benzene ring substituents is 1. The van der Waals surface area contributed by atoms with Crippen molar-refractivity contribution < 1.29 is 22.9 Å². The van der Waals surface area contributed by atoms with Crippen LogP contribution >= 0.6 is 0 Å². The first-order chi connectivity index (χ1) is 20.1. The monoisotopic (exact) mass is 592 g/mol. The third-order valence-corrected chi connectivity index (χ3v) is 9.34. The molecule has 1 aliphatic rings. The molecule has 42 heavy (non-hydrogen) atoms. The highest BCUT2D eigenvalue weighted by Gasteiger charge is 2.33. The van der Waals surface area contributed by atoms with Crippen molar-refractivity contribution in [2.45, 2.75) is 69.5 Å². The minimum absolute atomic E-state index is 0.0377. The van der Waals surface area contributed by atoms with E-state index in [4.69, 9.17) is 0 Å². The van der Waals surface area contributed by atoms with Crippen LogP contribution in [0.2, 0.25) is 0 Å². The van der Waals surface area contributed by atoms with E-state index in [0.717, 1.165) is 47.5 Å². The van der Waals surface area contributed by atoms with Gasteiger partial charge in [0.2, 0.25) is 11.8 Å². The Morgan fingerprint density at radius 2 is 1.57 bits per heavy atom. The van der Waals surface area contributed by atoms with Gasteiger partial charge < -0.3 is 10.2 Å². The molecule has 1 N–H and O–H groups in total. The summed E-state index contributed by atoms with van der Waals surface area (Å²) in [6, 6.07) is 19.4. The number of hydrogen-bond donors (Lipinski definition) is 1. The molecule has 1 atom stereocenters. The molecule has 1 saturated carbocycles. The summed E-state index contributed by atoms with van der Waals surface area (Å²) >= 11 is 0. The van der Waals surface area contributed by atoms with Gasteiger partial charge in [0.15, 0.2) is 0 Å². The maximum absolute atomic E-state index is 14.0. The van der Waals surface area contributed by atoms with Crippen LogP contribution in [0.5, 0.6) is 0 Å². The van der Waals surface area contributed by atoms with Crippen LogP contribution in [0.25, 0.3) is 0 Å². The molecule has 222 valence electrons. The van der Waals surface area contributed by atoms with E-state index in [2.05, 4.69) is 5.32 Å². The van der Waals surface area contributed by atoms with Crippen molar-refractivity contribution >= 4 is 33.2 Å². The number of hydrogen-bond acceptors (Lipinski definition) is 6. The van der Waals surface area contributed by atoms with Crippen molar-refractivity contribution in [1.82, 2.24) is 10.2 Å². The summed E-state index contributed by atoms with van der Waals surface area (Å²) in [4.78, 5) is 39.4. The van der Waals surface area contributed by atoms with Crippen molar-refractivity contribution in [3.8, 4) is 0 Å². The lowest BCUT2D eigenvalue weighted by atomic mass is 9.95. The lowest BCUT2D eigenvalue weighted by molar-refractivity contribution is -0.384. The molecule has 3 aromatic rings. The van der Waals surface area contributed by atoms with Gasteiger partial charge in [0, 0.05) is 24.7 Å². The fourth-order valence-electron chi connectivity index (χ4n) is 5.03. The molecule has 10 nitrogen and oxygen atoms in total. The Morgan fingerprint density at radius 3 is 2.17 bits per heavy atom. The quantitative estimate of drug-likeness (QED) is 0.247. The second-order valence-corrected chi connectivity index (χ2v) is 12.5. The van der Waals surface area contributed by atoms with Crippen LogP contribution in [0, 0.1) is 17.0 Å². The topological polar surface area (TPSA) is 130 Å². The normalized spacial score (nSPS) is 14.5. The predicted octanol–water partition coefficient (Wildman–Crippen LogP) is 4.96. The molecule has 1 aliphatic carbocycles. The molecule has 11 heteroatoms. The molecule has 0 heterocycles. The lowest BCUT2D eigenvalue weighted by Gasteiger charge is -2.33. The molecule has 3 aromatic carbocycles. The van der Waals surface area contributed by atoms with Gasteiger partial charge in [-0.2, -0.15) is 0 Å². The number of benzene rings is 3. The summed E-state index contributed by atoms with van der Waals surface area (Å²) in [6.45, 7) is 3.08. The summed E-state index contributed by atoms with van der Waals surface area (Å²) in [5.74, 6) is -0.880. The summed E-state index contributed by atoms with van der Waals surface area (Å²) in [5, 5.41) is 14.3. The Kier molecular flexibility index (Phi) is 9.95. The Labute approximate surface area is 246 Å². The minimum atomic E-state index is -4.25. The van der Waals surface area contributed by atoms with Crippen LogP contribution in [0.15, 0.2) is 83.8 Å². The van der Waals surface area contributed by atoms with Crippen LogP contribution < -0.4 is 9.62 Å². The average molecular weight is 593 g/mol. The van der Waals surface area contributed by atoms with E-state index in [1.807, 2.05) is 31.2 Å². The Balaban J connectivity index is 1.67. The van der Waals surface area contributed by atoms with E-state index in [9.17, 15) is 28.1 Å². The molecule has 2 amide bonds. The van der Waals surface area contributed by atoms with Crippen molar-refractivity contribution in [2.75, 3.05) is 10.8 Å². The van der Waals surface area contributed by atoms with E-state index in [1.165, 1.54) is 41.3 Å². The smallest absolute Gasteiger partial charge is 0.269 e. The zero-order valence-electron chi connectivity index (χ0n) is 23.8.